The number of hydrogen-bond acceptors (Lipinski definition) is 4. The highest BCUT2D eigenvalue weighted by Gasteiger charge is 2.34. The summed E-state index contributed by atoms with van der Waals surface area (Å²) in [7, 11) is -3.08. The Morgan fingerprint density at radius 1 is 1.11 bits per heavy atom. The zero-order valence-electron chi connectivity index (χ0n) is 15.7. The maximum atomic E-state index is 12.9. The summed E-state index contributed by atoms with van der Waals surface area (Å²) in [5, 5.41) is 0. The number of aryl methyl sites for hydroxylation is 1. The quantitative estimate of drug-likeness (QED) is 0.765. The second-order valence-electron chi connectivity index (χ2n) is 7.05. The normalized spacial score (nSPS) is 18.2. The van der Waals surface area contributed by atoms with Crippen molar-refractivity contribution in [3.05, 3.63) is 65.2 Å². The summed E-state index contributed by atoms with van der Waals surface area (Å²) in [6, 6.07) is 15.1. The minimum atomic E-state index is -3.08. The lowest BCUT2D eigenvalue weighted by atomic mass is 10.1. The molecule has 1 atom stereocenters. The van der Waals surface area contributed by atoms with E-state index in [-0.39, 0.29) is 30.1 Å². The molecule has 1 unspecified atom stereocenters. The number of sulfone groups is 1. The van der Waals surface area contributed by atoms with Gasteiger partial charge in [0.1, 0.15) is 5.75 Å². The highest BCUT2D eigenvalue weighted by Crippen LogP contribution is 2.23. The van der Waals surface area contributed by atoms with Gasteiger partial charge in [0.05, 0.1) is 11.5 Å². The Morgan fingerprint density at radius 2 is 1.85 bits per heavy atom. The minimum Gasteiger partial charge on any atom is -0.483 e. The van der Waals surface area contributed by atoms with Gasteiger partial charge in [-0.15, -0.1) is 0 Å². The monoisotopic (exact) mass is 387 g/mol. The van der Waals surface area contributed by atoms with E-state index in [1.54, 1.807) is 4.90 Å². The summed E-state index contributed by atoms with van der Waals surface area (Å²) in [5.41, 5.74) is 3.08. The van der Waals surface area contributed by atoms with Crippen molar-refractivity contribution in [3.8, 4) is 5.75 Å². The van der Waals surface area contributed by atoms with Gasteiger partial charge in [0, 0.05) is 12.6 Å². The maximum absolute atomic E-state index is 12.9. The summed E-state index contributed by atoms with van der Waals surface area (Å²) in [6.45, 7) is 4.24. The maximum Gasteiger partial charge on any atom is 0.261 e. The second-order valence-corrected chi connectivity index (χ2v) is 9.28. The Morgan fingerprint density at radius 3 is 2.52 bits per heavy atom. The van der Waals surface area contributed by atoms with E-state index in [2.05, 4.69) is 0 Å². The highest BCUT2D eigenvalue weighted by molar-refractivity contribution is 7.91. The molecular formula is C21H25NO4S. The van der Waals surface area contributed by atoms with Gasteiger partial charge in [-0.2, -0.15) is 0 Å². The first-order chi connectivity index (χ1) is 12.9. The molecule has 1 amide bonds. The van der Waals surface area contributed by atoms with E-state index in [0.29, 0.717) is 18.7 Å². The fourth-order valence-corrected chi connectivity index (χ4v) is 5.06. The van der Waals surface area contributed by atoms with E-state index in [4.69, 9.17) is 4.74 Å². The number of amides is 1. The molecule has 0 radical (unpaired) electrons. The van der Waals surface area contributed by atoms with Gasteiger partial charge in [0.25, 0.3) is 5.91 Å². The van der Waals surface area contributed by atoms with E-state index in [1.807, 2.05) is 62.4 Å². The molecule has 1 aliphatic heterocycles. The molecule has 1 aliphatic rings. The van der Waals surface area contributed by atoms with Crippen molar-refractivity contribution < 1.29 is 17.9 Å². The van der Waals surface area contributed by atoms with Crippen molar-refractivity contribution >= 4 is 15.7 Å². The Kier molecular flexibility index (Phi) is 5.85. The molecule has 0 bridgehead atoms. The first-order valence-electron chi connectivity index (χ1n) is 9.08. The van der Waals surface area contributed by atoms with Crippen molar-refractivity contribution in [1.82, 2.24) is 4.90 Å². The van der Waals surface area contributed by atoms with E-state index < -0.39 is 9.84 Å². The molecule has 27 heavy (non-hydrogen) atoms. The van der Waals surface area contributed by atoms with Gasteiger partial charge < -0.3 is 9.64 Å². The van der Waals surface area contributed by atoms with Crippen LogP contribution in [0.4, 0.5) is 0 Å². The van der Waals surface area contributed by atoms with Crippen LogP contribution in [0.2, 0.25) is 0 Å². The number of benzene rings is 2. The van der Waals surface area contributed by atoms with Crippen LogP contribution in [0.1, 0.15) is 23.1 Å². The average molecular weight is 388 g/mol. The summed E-state index contributed by atoms with van der Waals surface area (Å²) in [6.07, 6.45) is 0.477. The molecule has 5 nitrogen and oxygen atoms in total. The number of hydrogen-bond donors (Lipinski definition) is 0. The summed E-state index contributed by atoms with van der Waals surface area (Å²) in [5.74, 6) is 0.646. The number of carbonyl (C=O) groups excluding carboxylic acids is 1. The molecule has 0 saturated carbocycles. The van der Waals surface area contributed by atoms with E-state index >= 15 is 0 Å². The number of rotatable bonds is 6. The Hall–Kier alpha value is -2.34. The van der Waals surface area contributed by atoms with Gasteiger partial charge in [0.2, 0.25) is 0 Å². The highest BCUT2D eigenvalue weighted by atomic mass is 32.2. The van der Waals surface area contributed by atoms with Crippen LogP contribution in [-0.4, -0.2) is 43.4 Å². The second kappa shape index (κ2) is 8.13. The first kappa shape index (κ1) is 19.4. The molecule has 0 aromatic heterocycles. The van der Waals surface area contributed by atoms with Crippen LogP contribution in [0.5, 0.6) is 5.75 Å². The van der Waals surface area contributed by atoms with E-state index in [9.17, 15) is 13.2 Å². The van der Waals surface area contributed by atoms with Crippen molar-refractivity contribution in [2.24, 2.45) is 0 Å². The molecule has 2 aromatic rings. The molecule has 0 spiro atoms. The fourth-order valence-electron chi connectivity index (χ4n) is 3.33. The predicted octanol–water partition coefficient (Wildman–Crippen LogP) is 2.90. The van der Waals surface area contributed by atoms with E-state index in [0.717, 1.165) is 16.7 Å². The van der Waals surface area contributed by atoms with Crippen LogP contribution in [-0.2, 0) is 21.2 Å². The topological polar surface area (TPSA) is 63.7 Å². The molecule has 144 valence electrons. The number of carbonyl (C=O) groups is 1. The molecule has 0 aliphatic carbocycles. The van der Waals surface area contributed by atoms with Crippen LogP contribution in [0.25, 0.3) is 0 Å². The third-order valence-corrected chi connectivity index (χ3v) is 6.82. The smallest absolute Gasteiger partial charge is 0.261 e. The molecule has 1 saturated heterocycles. The third-order valence-electron chi connectivity index (χ3n) is 5.07. The van der Waals surface area contributed by atoms with Crippen LogP contribution in [0.15, 0.2) is 48.5 Å². The molecule has 6 heteroatoms. The zero-order valence-corrected chi connectivity index (χ0v) is 16.5. The van der Waals surface area contributed by atoms with Gasteiger partial charge in [0.15, 0.2) is 16.4 Å². The van der Waals surface area contributed by atoms with Gasteiger partial charge >= 0.3 is 0 Å². The lowest BCUT2D eigenvalue weighted by Gasteiger charge is -2.28. The molecule has 0 N–H and O–H groups in total. The Labute approximate surface area is 160 Å². The molecular weight excluding hydrogens is 362 g/mol. The van der Waals surface area contributed by atoms with Gasteiger partial charge in [-0.3, -0.25) is 4.79 Å². The first-order valence-corrected chi connectivity index (χ1v) is 10.9. The SMILES string of the molecule is Cc1cccc(OCC(=O)N(Cc2ccccc2)C2CCS(=O)(=O)C2)c1C. The number of nitrogens with zero attached hydrogens (tertiary/aromatic N) is 1. The van der Waals surface area contributed by atoms with Crippen molar-refractivity contribution in [3.63, 3.8) is 0 Å². The van der Waals surface area contributed by atoms with Crippen molar-refractivity contribution in [1.29, 1.82) is 0 Å². The van der Waals surface area contributed by atoms with Gasteiger partial charge in [-0.1, -0.05) is 42.5 Å². The Balaban J connectivity index is 1.75. The van der Waals surface area contributed by atoms with E-state index in [1.165, 1.54) is 0 Å². The molecule has 1 fully saturated rings. The predicted molar refractivity (Wildman–Crippen MR) is 105 cm³/mol. The lowest BCUT2D eigenvalue weighted by molar-refractivity contribution is -0.136. The molecule has 1 heterocycles. The Bertz CT molecular complexity index is 909. The fraction of sp³-hybridized carbons (Fsp3) is 0.381. The van der Waals surface area contributed by atoms with Gasteiger partial charge in [-0.25, -0.2) is 8.42 Å². The summed E-state index contributed by atoms with van der Waals surface area (Å²) < 4.78 is 29.6. The average Bonchev–Trinajstić information content (AvgIpc) is 3.01. The largest absolute Gasteiger partial charge is 0.483 e. The standard InChI is InChI=1S/C21H25NO4S/c1-16-7-6-10-20(17(16)2)26-14-21(23)22(13-18-8-4-3-5-9-18)19-11-12-27(24,25)15-19/h3-10,19H,11-15H2,1-2H3. The zero-order chi connectivity index (χ0) is 19.4. The summed E-state index contributed by atoms with van der Waals surface area (Å²) in [4.78, 5) is 14.6. The third kappa shape index (κ3) is 4.89. The summed E-state index contributed by atoms with van der Waals surface area (Å²) >= 11 is 0. The van der Waals surface area contributed by atoms with Crippen LogP contribution < -0.4 is 4.74 Å². The van der Waals surface area contributed by atoms with Crippen LogP contribution >= 0.6 is 0 Å². The van der Waals surface area contributed by atoms with Crippen molar-refractivity contribution in [2.45, 2.75) is 32.9 Å². The van der Waals surface area contributed by atoms with Crippen LogP contribution in [0.3, 0.4) is 0 Å². The number of ether oxygens (including phenoxy) is 1. The van der Waals surface area contributed by atoms with Gasteiger partial charge in [-0.05, 0) is 43.0 Å². The lowest BCUT2D eigenvalue weighted by Crippen LogP contribution is -2.43. The molecule has 3 rings (SSSR count). The van der Waals surface area contributed by atoms with Crippen molar-refractivity contribution in [2.75, 3.05) is 18.1 Å². The van der Waals surface area contributed by atoms with Crippen LogP contribution in [0, 0.1) is 13.8 Å². The minimum absolute atomic E-state index is 0.0229. The molecule has 2 aromatic carbocycles.